The van der Waals surface area contributed by atoms with E-state index in [4.69, 9.17) is 5.41 Å². The summed E-state index contributed by atoms with van der Waals surface area (Å²) in [5.74, 6) is -3.04. The van der Waals surface area contributed by atoms with Crippen LogP contribution in [0.5, 0.6) is 0 Å². The van der Waals surface area contributed by atoms with E-state index in [-0.39, 0.29) is 17.4 Å². The predicted octanol–water partition coefficient (Wildman–Crippen LogP) is 4.52. The van der Waals surface area contributed by atoms with Crippen molar-refractivity contribution in [3.05, 3.63) is 77.5 Å². The van der Waals surface area contributed by atoms with Crippen molar-refractivity contribution in [2.24, 2.45) is 0 Å². The van der Waals surface area contributed by atoms with Gasteiger partial charge < -0.3 is 14.8 Å². The highest BCUT2D eigenvalue weighted by Gasteiger charge is 2.45. The topological polar surface area (TPSA) is 62.2 Å². The average molecular weight is 418 g/mol. The van der Waals surface area contributed by atoms with E-state index in [2.05, 4.69) is 11.9 Å². The molecule has 0 spiro atoms. The van der Waals surface area contributed by atoms with Crippen molar-refractivity contribution in [2.45, 2.75) is 36.1 Å². The number of hydrogen-bond acceptors (Lipinski definition) is 2. The van der Waals surface area contributed by atoms with Gasteiger partial charge in [-0.25, -0.2) is 8.78 Å². The van der Waals surface area contributed by atoms with Crippen molar-refractivity contribution >= 4 is 17.1 Å². The molecule has 0 radical (unpaired) electrons. The maximum atomic E-state index is 13.7. The molecule has 2 aromatic carbocycles. The minimum atomic E-state index is -2.91. The third kappa shape index (κ3) is 3.89. The first-order chi connectivity index (χ1) is 13.4. The van der Waals surface area contributed by atoms with Gasteiger partial charge in [0, 0.05) is 25.2 Å². The Morgan fingerprint density at radius 3 is 2.41 bits per heavy atom. The largest absolute Gasteiger partial charge is 0.612 e. The summed E-state index contributed by atoms with van der Waals surface area (Å²) in [6.07, 6.45) is 1.62. The van der Waals surface area contributed by atoms with E-state index in [9.17, 15) is 13.3 Å². The maximum Gasteiger partial charge on any atom is 0.270 e. The second-order valence-electron chi connectivity index (χ2n) is 7.65. The number of rotatable bonds is 4. The van der Waals surface area contributed by atoms with Crippen LogP contribution in [0.2, 0.25) is 0 Å². The van der Waals surface area contributed by atoms with Crippen LogP contribution in [0.3, 0.4) is 0 Å². The molecule has 0 bridgehead atoms. The molecule has 3 atom stereocenters. The van der Waals surface area contributed by atoms with Gasteiger partial charge in [-0.05, 0) is 41.4 Å². The molecule has 7 heteroatoms. The SMILES string of the molecule is C=C1[C@@H](c2ccc(C(C)(F)F)cc2)[C@@](C)(c2cccc([S+](C)[O-])c2)NC(=N)N1C. The van der Waals surface area contributed by atoms with Gasteiger partial charge in [-0.1, -0.05) is 43.0 Å². The van der Waals surface area contributed by atoms with Crippen LogP contribution in [0, 0.1) is 5.41 Å². The number of likely N-dealkylation sites (N-methyl/N-ethyl adjacent to an activating group) is 1. The fourth-order valence-corrected chi connectivity index (χ4v) is 4.37. The molecule has 0 aliphatic carbocycles. The zero-order chi connectivity index (χ0) is 21.6. The summed E-state index contributed by atoms with van der Waals surface area (Å²) in [7, 11) is 1.75. The Labute approximate surface area is 173 Å². The van der Waals surface area contributed by atoms with Gasteiger partial charge in [-0.2, -0.15) is 0 Å². The number of guanidine groups is 1. The van der Waals surface area contributed by atoms with Crippen LogP contribution in [0.15, 0.2) is 65.7 Å². The minimum Gasteiger partial charge on any atom is -0.612 e. The number of nitrogens with zero attached hydrogens (tertiary/aromatic N) is 1. The van der Waals surface area contributed by atoms with Crippen LogP contribution in [0.1, 0.15) is 36.5 Å². The van der Waals surface area contributed by atoms with Gasteiger partial charge in [-0.3, -0.25) is 5.41 Å². The van der Waals surface area contributed by atoms with Crippen molar-refractivity contribution in [1.29, 1.82) is 5.41 Å². The highest BCUT2D eigenvalue weighted by Crippen LogP contribution is 2.45. The predicted molar refractivity (Wildman–Crippen MR) is 113 cm³/mol. The van der Waals surface area contributed by atoms with E-state index in [0.29, 0.717) is 10.6 Å². The average Bonchev–Trinajstić information content (AvgIpc) is 2.66. The molecular weight excluding hydrogens is 392 g/mol. The van der Waals surface area contributed by atoms with E-state index < -0.39 is 22.6 Å². The minimum absolute atomic E-state index is 0.0539. The van der Waals surface area contributed by atoms with Gasteiger partial charge in [0.2, 0.25) is 0 Å². The lowest BCUT2D eigenvalue weighted by molar-refractivity contribution is 0.0174. The quantitative estimate of drug-likeness (QED) is 0.719. The normalized spacial score (nSPS) is 23.7. The Bertz CT molecular complexity index is 940. The first-order valence-electron chi connectivity index (χ1n) is 9.16. The third-order valence-electron chi connectivity index (χ3n) is 5.57. The summed E-state index contributed by atoms with van der Waals surface area (Å²) in [4.78, 5) is 2.33. The van der Waals surface area contributed by atoms with Crippen LogP contribution in [-0.2, 0) is 22.6 Å². The van der Waals surface area contributed by atoms with Gasteiger partial charge in [0.05, 0.1) is 11.5 Å². The second-order valence-corrected chi connectivity index (χ2v) is 9.03. The van der Waals surface area contributed by atoms with Crippen LogP contribution in [0.4, 0.5) is 8.78 Å². The second kappa shape index (κ2) is 7.46. The standard InChI is InChI=1S/C22H25F2N3OS/c1-14-19(15-9-11-16(12-10-15)22(3,23)24)21(2,26-20(25)27(14)4)17-7-6-8-18(13-17)29(5)28/h6-13,19H,1H2,2-5H3,(H2,25,26)/t19-,21+,29?/m0/s1. The van der Waals surface area contributed by atoms with Crippen molar-refractivity contribution in [3.8, 4) is 0 Å². The summed E-state index contributed by atoms with van der Waals surface area (Å²) in [5.41, 5.74) is 1.50. The molecule has 1 saturated heterocycles. The van der Waals surface area contributed by atoms with Crippen molar-refractivity contribution in [3.63, 3.8) is 0 Å². The molecule has 3 rings (SSSR count). The molecule has 2 aromatic rings. The Morgan fingerprint density at radius 1 is 1.24 bits per heavy atom. The zero-order valence-electron chi connectivity index (χ0n) is 16.9. The van der Waals surface area contributed by atoms with Crippen molar-refractivity contribution < 1.29 is 13.3 Å². The molecule has 1 fully saturated rings. The maximum absolute atomic E-state index is 13.7. The van der Waals surface area contributed by atoms with E-state index in [1.54, 1.807) is 36.4 Å². The molecular formula is C22H25F2N3OS. The fraction of sp³-hybridized carbons (Fsp3) is 0.318. The summed E-state index contributed by atoms with van der Waals surface area (Å²) >= 11 is -1.15. The molecule has 29 heavy (non-hydrogen) atoms. The fourth-order valence-electron chi connectivity index (χ4n) is 3.80. The summed E-state index contributed by atoms with van der Waals surface area (Å²) in [5, 5.41) is 11.6. The molecule has 1 aliphatic heterocycles. The van der Waals surface area contributed by atoms with E-state index in [1.807, 2.05) is 25.1 Å². The molecule has 1 unspecified atom stereocenters. The molecule has 0 saturated carbocycles. The molecule has 154 valence electrons. The molecule has 2 N–H and O–H groups in total. The number of hydrogen-bond donors (Lipinski definition) is 2. The van der Waals surface area contributed by atoms with E-state index in [1.165, 1.54) is 12.1 Å². The molecule has 0 aromatic heterocycles. The Balaban J connectivity index is 2.13. The number of halogens is 2. The highest BCUT2D eigenvalue weighted by atomic mass is 32.2. The van der Waals surface area contributed by atoms with Crippen LogP contribution in [0.25, 0.3) is 0 Å². The molecule has 4 nitrogen and oxygen atoms in total. The lowest BCUT2D eigenvalue weighted by Gasteiger charge is -2.48. The Hall–Kier alpha value is -2.38. The van der Waals surface area contributed by atoms with E-state index in [0.717, 1.165) is 18.1 Å². The monoisotopic (exact) mass is 417 g/mol. The Kier molecular flexibility index (Phi) is 5.49. The molecule has 1 heterocycles. The van der Waals surface area contributed by atoms with Crippen LogP contribution in [-0.4, -0.2) is 28.7 Å². The van der Waals surface area contributed by atoms with Gasteiger partial charge in [0.15, 0.2) is 10.9 Å². The van der Waals surface area contributed by atoms with Crippen LogP contribution >= 0.6 is 0 Å². The lowest BCUT2D eigenvalue weighted by atomic mass is 9.72. The summed E-state index contributed by atoms with van der Waals surface area (Å²) < 4.78 is 39.3. The molecule has 0 amide bonds. The highest BCUT2D eigenvalue weighted by molar-refractivity contribution is 7.90. The summed E-state index contributed by atoms with van der Waals surface area (Å²) in [6, 6.07) is 13.6. The summed E-state index contributed by atoms with van der Waals surface area (Å²) in [6.45, 7) is 7.01. The number of alkyl halides is 2. The smallest absolute Gasteiger partial charge is 0.270 e. The van der Waals surface area contributed by atoms with E-state index >= 15 is 0 Å². The number of benzene rings is 2. The van der Waals surface area contributed by atoms with Crippen molar-refractivity contribution in [2.75, 3.05) is 13.3 Å². The molecule has 1 aliphatic rings. The van der Waals surface area contributed by atoms with Crippen molar-refractivity contribution in [1.82, 2.24) is 10.2 Å². The first kappa shape index (κ1) is 21.3. The van der Waals surface area contributed by atoms with Gasteiger partial charge >= 0.3 is 0 Å². The lowest BCUT2D eigenvalue weighted by Crippen LogP contribution is -2.58. The number of nitrogens with one attached hydrogen (secondary N) is 2. The van der Waals surface area contributed by atoms with Gasteiger partial charge in [-0.15, -0.1) is 0 Å². The van der Waals surface area contributed by atoms with Gasteiger partial charge in [0.1, 0.15) is 6.26 Å². The van der Waals surface area contributed by atoms with Gasteiger partial charge in [0.25, 0.3) is 5.92 Å². The zero-order valence-corrected chi connectivity index (χ0v) is 17.7. The third-order valence-corrected chi connectivity index (χ3v) is 6.49. The van der Waals surface area contributed by atoms with Crippen LogP contribution < -0.4 is 5.32 Å². The Morgan fingerprint density at radius 2 is 1.86 bits per heavy atom. The first-order valence-corrected chi connectivity index (χ1v) is 10.7.